The molecule has 0 aromatic heterocycles. The van der Waals surface area contributed by atoms with Crippen molar-refractivity contribution in [1.29, 1.82) is 0 Å². The average Bonchev–Trinajstić information content (AvgIpc) is 2.17. The van der Waals surface area contributed by atoms with Crippen LogP contribution in [0.25, 0.3) is 0 Å². The van der Waals surface area contributed by atoms with E-state index in [0.29, 0.717) is 0 Å². The Kier molecular flexibility index (Phi) is 2.34. The molecule has 0 aliphatic heterocycles. The topological polar surface area (TPSA) is 46.2 Å². The summed E-state index contributed by atoms with van der Waals surface area (Å²) < 4.78 is 0. The SMILES string of the molecule is N[C@H]1CCCc2cccc(CO)c21. The van der Waals surface area contributed by atoms with Crippen LogP contribution in [0, 0.1) is 0 Å². The van der Waals surface area contributed by atoms with Crippen molar-refractivity contribution in [2.45, 2.75) is 31.9 Å². The summed E-state index contributed by atoms with van der Waals surface area (Å²) >= 11 is 0. The first kappa shape index (κ1) is 8.73. The molecule has 1 aliphatic carbocycles. The Balaban J connectivity index is 2.50. The van der Waals surface area contributed by atoms with Crippen molar-refractivity contribution >= 4 is 0 Å². The highest BCUT2D eigenvalue weighted by atomic mass is 16.3. The van der Waals surface area contributed by atoms with Crippen LogP contribution in [0.2, 0.25) is 0 Å². The third kappa shape index (κ3) is 1.47. The zero-order valence-corrected chi connectivity index (χ0v) is 7.66. The lowest BCUT2D eigenvalue weighted by atomic mass is 9.85. The van der Waals surface area contributed by atoms with Gasteiger partial charge in [0.2, 0.25) is 0 Å². The van der Waals surface area contributed by atoms with Crippen LogP contribution in [0.3, 0.4) is 0 Å². The molecule has 0 fully saturated rings. The van der Waals surface area contributed by atoms with E-state index in [0.717, 1.165) is 18.4 Å². The Morgan fingerprint density at radius 3 is 3.08 bits per heavy atom. The molecule has 1 aromatic rings. The zero-order chi connectivity index (χ0) is 9.26. The highest BCUT2D eigenvalue weighted by Crippen LogP contribution is 2.30. The van der Waals surface area contributed by atoms with Crippen molar-refractivity contribution in [2.75, 3.05) is 0 Å². The Bertz CT molecular complexity index is 295. The van der Waals surface area contributed by atoms with E-state index in [1.54, 1.807) is 0 Å². The molecule has 0 bridgehead atoms. The van der Waals surface area contributed by atoms with Crippen LogP contribution < -0.4 is 5.73 Å². The maximum atomic E-state index is 9.16. The third-order valence-electron chi connectivity index (χ3n) is 2.79. The first-order valence-corrected chi connectivity index (χ1v) is 4.80. The van der Waals surface area contributed by atoms with Gasteiger partial charge in [-0.3, -0.25) is 0 Å². The standard InChI is InChI=1S/C11H15NO/c12-10-6-2-4-8-3-1-5-9(7-13)11(8)10/h1,3,5,10,13H,2,4,6-7,12H2/t10-/m0/s1. The average molecular weight is 177 g/mol. The van der Waals surface area contributed by atoms with E-state index in [4.69, 9.17) is 10.8 Å². The van der Waals surface area contributed by atoms with E-state index < -0.39 is 0 Å². The molecule has 2 rings (SSSR count). The summed E-state index contributed by atoms with van der Waals surface area (Å²) in [6.07, 6.45) is 3.32. The largest absolute Gasteiger partial charge is 0.392 e. The minimum atomic E-state index is 0.108. The minimum absolute atomic E-state index is 0.108. The fourth-order valence-corrected chi connectivity index (χ4v) is 2.16. The molecule has 2 heteroatoms. The molecule has 0 unspecified atom stereocenters. The number of hydrogen-bond donors (Lipinski definition) is 2. The maximum Gasteiger partial charge on any atom is 0.0685 e. The Morgan fingerprint density at radius 1 is 1.46 bits per heavy atom. The quantitative estimate of drug-likeness (QED) is 0.683. The summed E-state index contributed by atoms with van der Waals surface area (Å²) in [6, 6.07) is 6.21. The van der Waals surface area contributed by atoms with E-state index in [1.165, 1.54) is 17.5 Å². The summed E-state index contributed by atoms with van der Waals surface area (Å²) in [5.41, 5.74) is 9.53. The molecule has 0 amide bonds. The molecular weight excluding hydrogens is 162 g/mol. The lowest BCUT2D eigenvalue weighted by Gasteiger charge is -2.24. The monoisotopic (exact) mass is 177 g/mol. The summed E-state index contributed by atoms with van der Waals surface area (Å²) in [5, 5.41) is 9.16. The number of rotatable bonds is 1. The van der Waals surface area contributed by atoms with Crippen LogP contribution in [-0.4, -0.2) is 5.11 Å². The summed E-state index contributed by atoms with van der Waals surface area (Å²) in [4.78, 5) is 0. The van der Waals surface area contributed by atoms with Crippen LogP contribution in [0.15, 0.2) is 18.2 Å². The number of aliphatic hydroxyl groups excluding tert-OH is 1. The zero-order valence-electron chi connectivity index (χ0n) is 7.66. The molecule has 1 atom stereocenters. The van der Waals surface area contributed by atoms with Crippen LogP contribution in [0.4, 0.5) is 0 Å². The predicted octanol–water partition coefficient (Wildman–Crippen LogP) is 1.52. The molecule has 70 valence electrons. The van der Waals surface area contributed by atoms with Gasteiger partial charge in [-0.25, -0.2) is 0 Å². The first-order chi connectivity index (χ1) is 6.33. The van der Waals surface area contributed by atoms with E-state index >= 15 is 0 Å². The van der Waals surface area contributed by atoms with Crippen molar-refractivity contribution in [2.24, 2.45) is 5.73 Å². The van der Waals surface area contributed by atoms with Gasteiger partial charge in [0, 0.05) is 6.04 Å². The third-order valence-corrected chi connectivity index (χ3v) is 2.79. The lowest BCUT2D eigenvalue weighted by molar-refractivity contribution is 0.279. The van der Waals surface area contributed by atoms with Crippen molar-refractivity contribution < 1.29 is 5.11 Å². The second-order valence-electron chi connectivity index (χ2n) is 3.65. The smallest absolute Gasteiger partial charge is 0.0685 e. The number of aryl methyl sites for hydroxylation is 1. The van der Waals surface area contributed by atoms with Gasteiger partial charge in [0.1, 0.15) is 0 Å². The molecule has 2 nitrogen and oxygen atoms in total. The Labute approximate surface area is 78.4 Å². The summed E-state index contributed by atoms with van der Waals surface area (Å²) in [5.74, 6) is 0. The van der Waals surface area contributed by atoms with E-state index in [9.17, 15) is 0 Å². The second kappa shape index (κ2) is 3.48. The van der Waals surface area contributed by atoms with Gasteiger partial charge in [0.05, 0.1) is 6.61 Å². The van der Waals surface area contributed by atoms with Gasteiger partial charge in [-0.05, 0) is 36.0 Å². The van der Waals surface area contributed by atoms with Crippen LogP contribution in [0.5, 0.6) is 0 Å². The van der Waals surface area contributed by atoms with Gasteiger partial charge in [0.25, 0.3) is 0 Å². The van der Waals surface area contributed by atoms with Crippen LogP contribution in [0.1, 0.15) is 35.6 Å². The molecule has 3 N–H and O–H groups in total. The molecule has 1 aliphatic rings. The Morgan fingerprint density at radius 2 is 2.31 bits per heavy atom. The first-order valence-electron chi connectivity index (χ1n) is 4.80. The van der Waals surface area contributed by atoms with Gasteiger partial charge in [-0.1, -0.05) is 18.2 Å². The van der Waals surface area contributed by atoms with Crippen LogP contribution >= 0.6 is 0 Å². The molecule has 0 spiro atoms. The fourth-order valence-electron chi connectivity index (χ4n) is 2.16. The van der Waals surface area contributed by atoms with E-state index in [1.807, 2.05) is 12.1 Å². The van der Waals surface area contributed by atoms with Gasteiger partial charge in [0.15, 0.2) is 0 Å². The number of fused-ring (bicyclic) bond motifs is 1. The molecule has 0 saturated carbocycles. The lowest BCUT2D eigenvalue weighted by Crippen LogP contribution is -2.19. The van der Waals surface area contributed by atoms with Crippen molar-refractivity contribution in [3.63, 3.8) is 0 Å². The number of nitrogens with two attached hydrogens (primary N) is 1. The number of aliphatic hydroxyl groups is 1. The number of hydrogen-bond acceptors (Lipinski definition) is 2. The van der Waals surface area contributed by atoms with Gasteiger partial charge in [-0.2, -0.15) is 0 Å². The molecule has 13 heavy (non-hydrogen) atoms. The summed E-state index contributed by atoms with van der Waals surface area (Å²) in [7, 11) is 0. The van der Waals surface area contributed by atoms with Crippen molar-refractivity contribution in [3.8, 4) is 0 Å². The van der Waals surface area contributed by atoms with Gasteiger partial charge >= 0.3 is 0 Å². The molecular formula is C11H15NO. The van der Waals surface area contributed by atoms with Gasteiger partial charge < -0.3 is 10.8 Å². The predicted molar refractivity (Wildman–Crippen MR) is 52.2 cm³/mol. The highest BCUT2D eigenvalue weighted by Gasteiger charge is 2.18. The van der Waals surface area contributed by atoms with E-state index in [2.05, 4.69) is 6.07 Å². The van der Waals surface area contributed by atoms with E-state index in [-0.39, 0.29) is 12.6 Å². The molecule has 1 aromatic carbocycles. The molecule has 0 saturated heterocycles. The normalized spacial score (nSPS) is 21.2. The van der Waals surface area contributed by atoms with Crippen LogP contribution in [-0.2, 0) is 13.0 Å². The fraction of sp³-hybridized carbons (Fsp3) is 0.455. The van der Waals surface area contributed by atoms with Crippen molar-refractivity contribution in [1.82, 2.24) is 0 Å². The molecule has 0 heterocycles. The summed E-state index contributed by atoms with van der Waals surface area (Å²) in [6.45, 7) is 0.108. The highest BCUT2D eigenvalue weighted by molar-refractivity contribution is 5.38. The second-order valence-corrected chi connectivity index (χ2v) is 3.65. The van der Waals surface area contributed by atoms with Gasteiger partial charge in [-0.15, -0.1) is 0 Å². The molecule has 0 radical (unpaired) electrons. The Hall–Kier alpha value is -0.860. The van der Waals surface area contributed by atoms with Crippen molar-refractivity contribution in [3.05, 3.63) is 34.9 Å². The number of benzene rings is 1. The minimum Gasteiger partial charge on any atom is -0.392 e. The maximum absolute atomic E-state index is 9.16.